The van der Waals surface area contributed by atoms with Crippen molar-refractivity contribution in [2.45, 2.75) is 24.5 Å². The number of amides is 2. The SMILES string of the molecule is CSCCC(NC(=O)C(CO)NC(=O)C(N)CO)C(=O)O. The number of aliphatic hydroxyl groups excluding tert-OH is 2. The minimum Gasteiger partial charge on any atom is -0.480 e. The summed E-state index contributed by atoms with van der Waals surface area (Å²) < 4.78 is 0. The minimum atomic E-state index is -1.33. The molecule has 0 spiro atoms. The lowest BCUT2D eigenvalue weighted by Crippen LogP contribution is -2.56. The molecule has 0 saturated heterocycles. The third kappa shape index (κ3) is 7.27. The zero-order valence-electron chi connectivity index (χ0n) is 11.6. The Labute approximate surface area is 126 Å². The lowest BCUT2D eigenvalue weighted by molar-refractivity contribution is -0.142. The number of carbonyl (C=O) groups is 3. The summed E-state index contributed by atoms with van der Waals surface area (Å²) in [5.74, 6) is -2.32. The predicted octanol–water partition coefficient (Wildman–Crippen LogP) is -2.89. The average Bonchev–Trinajstić information content (AvgIpc) is 2.46. The molecule has 3 unspecified atom stereocenters. The van der Waals surface area contributed by atoms with Crippen molar-refractivity contribution in [3.05, 3.63) is 0 Å². The number of carboxylic acids is 1. The third-order valence-corrected chi connectivity index (χ3v) is 3.22. The molecule has 3 atom stereocenters. The Morgan fingerprint density at radius 3 is 2.10 bits per heavy atom. The van der Waals surface area contributed by atoms with Gasteiger partial charge >= 0.3 is 5.97 Å². The fourth-order valence-electron chi connectivity index (χ4n) is 1.32. The van der Waals surface area contributed by atoms with E-state index in [0.717, 1.165) is 0 Å². The highest BCUT2D eigenvalue weighted by molar-refractivity contribution is 7.98. The van der Waals surface area contributed by atoms with Gasteiger partial charge in [0, 0.05) is 0 Å². The smallest absolute Gasteiger partial charge is 0.326 e. The molecule has 0 aromatic rings. The molecule has 9 nitrogen and oxygen atoms in total. The van der Waals surface area contributed by atoms with Crippen LogP contribution in [0.1, 0.15) is 6.42 Å². The Bertz CT molecular complexity index is 368. The molecule has 0 radical (unpaired) electrons. The second kappa shape index (κ2) is 10.4. The summed E-state index contributed by atoms with van der Waals surface area (Å²) in [4.78, 5) is 34.3. The molecule has 0 heterocycles. The van der Waals surface area contributed by atoms with Crippen molar-refractivity contribution in [2.75, 3.05) is 25.2 Å². The second-order valence-corrected chi connectivity index (χ2v) is 5.20. The normalized spacial score (nSPS) is 14.9. The topological polar surface area (TPSA) is 162 Å². The van der Waals surface area contributed by atoms with Crippen molar-refractivity contribution >= 4 is 29.5 Å². The highest BCUT2D eigenvalue weighted by Crippen LogP contribution is 2.01. The molecule has 0 aromatic heterocycles. The largest absolute Gasteiger partial charge is 0.480 e. The Balaban J connectivity index is 4.62. The van der Waals surface area contributed by atoms with E-state index >= 15 is 0 Å². The summed E-state index contributed by atoms with van der Waals surface area (Å²) in [6, 6.07) is -3.66. The Hall–Kier alpha value is -1.36. The number of thioether (sulfide) groups is 1. The average molecular weight is 323 g/mol. The fraction of sp³-hybridized carbons (Fsp3) is 0.727. The van der Waals surface area contributed by atoms with Gasteiger partial charge in [-0.25, -0.2) is 4.79 Å². The Kier molecular flexibility index (Phi) is 9.71. The first-order valence-corrected chi connectivity index (χ1v) is 7.56. The molecule has 0 fully saturated rings. The number of hydrogen-bond donors (Lipinski definition) is 6. The van der Waals surface area contributed by atoms with Crippen LogP contribution in [-0.4, -0.2) is 76.5 Å². The molecule has 0 aliphatic rings. The Morgan fingerprint density at radius 2 is 1.67 bits per heavy atom. The van der Waals surface area contributed by atoms with Crippen LogP contribution in [0.3, 0.4) is 0 Å². The van der Waals surface area contributed by atoms with Gasteiger partial charge < -0.3 is 31.7 Å². The summed E-state index contributed by atoms with van der Waals surface area (Å²) >= 11 is 1.43. The van der Waals surface area contributed by atoms with E-state index in [1.807, 2.05) is 0 Å². The van der Waals surface area contributed by atoms with Gasteiger partial charge in [-0.15, -0.1) is 0 Å². The zero-order chi connectivity index (χ0) is 16.4. The number of aliphatic carboxylic acids is 1. The van der Waals surface area contributed by atoms with Gasteiger partial charge in [-0.3, -0.25) is 9.59 Å². The standard InChI is InChI=1S/C11H21N3O6S/c1-21-3-2-7(11(19)20)13-10(18)8(5-16)14-9(17)6(12)4-15/h6-8,15-16H,2-5,12H2,1H3,(H,13,18)(H,14,17)(H,19,20). The predicted molar refractivity (Wildman–Crippen MR) is 76.6 cm³/mol. The van der Waals surface area contributed by atoms with Gasteiger partial charge in [-0.1, -0.05) is 0 Å². The van der Waals surface area contributed by atoms with Crippen LogP contribution in [0.15, 0.2) is 0 Å². The first-order chi connectivity index (χ1) is 9.87. The molecule has 7 N–H and O–H groups in total. The summed E-state index contributed by atoms with van der Waals surface area (Å²) in [6.07, 6.45) is 2.01. The van der Waals surface area contributed by atoms with Gasteiger partial charge in [0.15, 0.2) is 0 Å². The van der Waals surface area contributed by atoms with Crippen LogP contribution in [0.25, 0.3) is 0 Å². The maximum atomic E-state index is 11.8. The molecule has 0 aliphatic heterocycles. The van der Waals surface area contributed by atoms with Crippen LogP contribution in [0.5, 0.6) is 0 Å². The van der Waals surface area contributed by atoms with E-state index in [4.69, 9.17) is 21.1 Å². The van der Waals surface area contributed by atoms with E-state index in [-0.39, 0.29) is 6.42 Å². The van der Waals surface area contributed by atoms with Crippen molar-refractivity contribution in [3.63, 3.8) is 0 Å². The second-order valence-electron chi connectivity index (χ2n) is 4.21. The van der Waals surface area contributed by atoms with Crippen LogP contribution < -0.4 is 16.4 Å². The van der Waals surface area contributed by atoms with Gasteiger partial charge in [-0.2, -0.15) is 11.8 Å². The van der Waals surface area contributed by atoms with E-state index in [9.17, 15) is 14.4 Å². The van der Waals surface area contributed by atoms with Crippen LogP contribution in [0, 0.1) is 0 Å². The molecule has 0 saturated carbocycles. The lowest BCUT2D eigenvalue weighted by Gasteiger charge is -2.20. The van der Waals surface area contributed by atoms with E-state index in [1.54, 1.807) is 6.26 Å². The van der Waals surface area contributed by atoms with Gasteiger partial charge in [-0.05, 0) is 18.4 Å². The number of carboxylic acid groups (broad SMARTS) is 1. The van der Waals surface area contributed by atoms with Crippen molar-refractivity contribution in [3.8, 4) is 0 Å². The lowest BCUT2D eigenvalue weighted by atomic mass is 10.2. The summed E-state index contributed by atoms with van der Waals surface area (Å²) in [5, 5.41) is 31.2. The van der Waals surface area contributed by atoms with Crippen molar-refractivity contribution in [1.82, 2.24) is 10.6 Å². The number of rotatable bonds is 10. The van der Waals surface area contributed by atoms with Crippen LogP contribution in [0.2, 0.25) is 0 Å². The molecular weight excluding hydrogens is 302 g/mol. The summed E-state index contributed by atoms with van der Waals surface area (Å²) in [7, 11) is 0. The summed E-state index contributed by atoms with van der Waals surface area (Å²) in [6.45, 7) is -1.33. The van der Waals surface area contributed by atoms with E-state index < -0.39 is 49.1 Å². The number of hydrogen-bond acceptors (Lipinski definition) is 7. The maximum Gasteiger partial charge on any atom is 0.326 e. The molecule has 10 heteroatoms. The molecule has 0 bridgehead atoms. The number of aliphatic hydroxyl groups is 2. The number of nitrogens with one attached hydrogen (secondary N) is 2. The third-order valence-electron chi connectivity index (χ3n) is 2.57. The van der Waals surface area contributed by atoms with Gasteiger partial charge in [0.1, 0.15) is 18.1 Å². The van der Waals surface area contributed by atoms with Crippen LogP contribution in [0.4, 0.5) is 0 Å². The highest BCUT2D eigenvalue weighted by atomic mass is 32.2. The molecule has 0 aliphatic carbocycles. The van der Waals surface area contributed by atoms with Gasteiger partial charge in [0.05, 0.1) is 13.2 Å². The van der Waals surface area contributed by atoms with Crippen molar-refractivity contribution in [1.29, 1.82) is 0 Å². The van der Waals surface area contributed by atoms with Crippen LogP contribution in [-0.2, 0) is 14.4 Å². The minimum absolute atomic E-state index is 0.213. The molecule has 2 amide bonds. The molecule has 0 rings (SSSR count). The first kappa shape index (κ1) is 19.6. The van der Waals surface area contributed by atoms with Crippen molar-refractivity contribution in [2.24, 2.45) is 5.73 Å². The highest BCUT2D eigenvalue weighted by Gasteiger charge is 2.27. The molecular formula is C11H21N3O6S. The Morgan fingerprint density at radius 1 is 1.10 bits per heavy atom. The van der Waals surface area contributed by atoms with Crippen molar-refractivity contribution < 1.29 is 29.7 Å². The molecule has 0 aromatic carbocycles. The van der Waals surface area contributed by atoms with Gasteiger partial charge in [0.25, 0.3) is 0 Å². The maximum absolute atomic E-state index is 11.8. The van der Waals surface area contributed by atoms with E-state index in [1.165, 1.54) is 11.8 Å². The quantitative estimate of drug-likeness (QED) is 0.249. The monoisotopic (exact) mass is 323 g/mol. The fourth-order valence-corrected chi connectivity index (χ4v) is 1.79. The number of carbonyl (C=O) groups excluding carboxylic acids is 2. The molecule has 21 heavy (non-hydrogen) atoms. The first-order valence-electron chi connectivity index (χ1n) is 6.17. The zero-order valence-corrected chi connectivity index (χ0v) is 12.4. The van der Waals surface area contributed by atoms with E-state index in [0.29, 0.717) is 5.75 Å². The van der Waals surface area contributed by atoms with E-state index in [2.05, 4.69) is 10.6 Å². The van der Waals surface area contributed by atoms with Crippen LogP contribution >= 0.6 is 11.8 Å². The van der Waals surface area contributed by atoms with Gasteiger partial charge in [0.2, 0.25) is 11.8 Å². The number of nitrogens with two attached hydrogens (primary N) is 1. The molecule has 122 valence electrons. The summed E-state index contributed by atoms with van der Waals surface area (Å²) in [5.41, 5.74) is 5.26.